The van der Waals surface area contributed by atoms with Crippen LogP contribution >= 0.6 is 0 Å². The van der Waals surface area contributed by atoms with Crippen molar-refractivity contribution in [3.8, 4) is 0 Å². The van der Waals surface area contributed by atoms with Crippen LogP contribution in [0.15, 0.2) is 18.2 Å². The summed E-state index contributed by atoms with van der Waals surface area (Å²) in [6.07, 6.45) is 0.755. The highest BCUT2D eigenvalue weighted by Crippen LogP contribution is 2.08. The van der Waals surface area contributed by atoms with Crippen LogP contribution < -0.4 is 10.6 Å². The molecule has 2 N–H and O–H groups in total. The van der Waals surface area contributed by atoms with E-state index in [0.29, 0.717) is 25.3 Å². The molecule has 0 saturated carbocycles. The molecule has 1 aromatic carbocycles. The van der Waals surface area contributed by atoms with Crippen LogP contribution in [-0.4, -0.2) is 32.7 Å². The number of hydrogen-bond acceptors (Lipinski definition) is 3. The van der Waals surface area contributed by atoms with Crippen molar-refractivity contribution >= 4 is 5.91 Å². The summed E-state index contributed by atoms with van der Waals surface area (Å²) in [7, 11) is 1.60. The summed E-state index contributed by atoms with van der Waals surface area (Å²) in [6, 6.07) is 3.65. The summed E-state index contributed by atoms with van der Waals surface area (Å²) in [6.45, 7) is 1.59. The van der Waals surface area contributed by atoms with Crippen molar-refractivity contribution in [2.24, 2.45) is 0 Å². The Kier molecular flexibility index (Phi) is 6.99. The quantitative estimate of drug-likeness (QED) is 0.699. The van der Waals surface area contributed by atoms with Crippen molar-refractivity contribution in [2.75, 3.05) is 26.8 Å². The molecule has 1 aromatic rings. The summed E-state index contributed by atoms with van der Waals surface area (Å²) in [5.74, 6) is -1.90. The van der Waals surface area contributed by atoms with Gasteiger partial charge >= 0.3 is 0 Å². The van der Waals surface area contributed by atoms with Gasteiger partial charge in [-0.2, -0.15) is 0 Å². The molecule has 0 saturated heterocycles. The first-order valence-electron chi connectivity index (χ1n) is 6.03. The maximum Gasteiger partial charge on any atom is 0.233 e. The van der Waals surface area contributed by atoms with Gasteiger partial charge in [-0.05, 0) is 24.1 Å². The van der Waals surface area contributed by atoms with E-state index in [-0.39, 0.29) is 12.5 Å². The number of amides is 1. The highest BCUT2D eigenvalue weighted by molar-refractivity contribution is 5.77. The predicted octanol–water partition coefficient (Wildman–Crippen LogP) is 1.21. The van der Waals surface area contributed by atoms with Crippen LogP contribution in [-0.2, 0) is 16.1 Å². The monoisotopic (exact) mass is 272 g/mol. The predicted molar refractivity (Wildman–Crippen MR) is 67.6 cm³/mol. The number of rotatable bonds is 8. The fourth-order valence-corrected chi connectivity index (χ4v) is 1.48. The van der Waals surface area contributed by atoms with Gasteiger partial charge in [0, 0.05) is 26.8 Å². The van der Waals surface area contributed by atoms with Gasteiger partial charge in [-0.3, -0.25) is 4.79 Å². The second kappa shape index (κ2) is 8.55. The second-order valence-electron chi connectivity index (χ2n) is 4.05. The minimum absolute atomic E-state index is 0.131. The van der Waals surface area contributed by atoms with E-state index in [1.165, 1.54) is 6.07 Å². The molecule has 4 nitrogen and oxygen atoms in total. The number of carbonyl (C=O) groups excluding carboxylic acids is 1. The molecule has 0 aliphatic rings. The van der Waals surface area contributed by atoms with E-state index in [0.717, 1.165) is 18.6 Å². The SMILES string of the molecule is COCCCNC(=O)CNCc1ccc(F)c(F)c1. The molecule has 106 valence electrons. The average molecular weight is 272 g/mol. The van der Waals surface area contributed by atoms with Crippen molar-refractivity contribution in [3.63, 3.8) is 0 Å². The summed E-state index contributed by atoms with van der Waals surface area (Å²) < 4.78 is 30.4. The van der Waals surface area contributed by atoms with Crippen molar-refractivity contribution in [2.45, 2.75) is 13.0 Å². The number of halogens is 2. The van der Waals surface area contributed by atoms with Crippen molar-refractivity contribution < 1.29 is 18.3 Å². The fraction of sp³-hybridized carbons (Fsp3) is 0.462. The Balaban J connectivity index is 2.18. The van der Waals surface area contributed by atoms with Crippen molar-refractivity contribution in [3.05, 3.63) is 35.4 Å². The maximum atomic E-state index is 12.9. The van der Waals surface area contributed by atoms with E-state index in [1.54, 1.807) is 7.11 Å². The minimum Gasteiger partial charge on any atom is -0.385 e. The van der Waals surface area contributed by atoms with Crippen LogP contribution in [0.2, 0.25) is 0 Å². The Labute approximate surface area is 111 Å². The Bertz CT molecular complexity index is 414. The highest BCUT2D eigenvalue weighted by Gasteiger charge is 2.03. The highest BCUT2D eigenvalue weighted by atomic mass is 19.2. The van der Waals surface area contributed by atoms with Crippen molar-refractivity contribution in [1.29, 1.82) is 0 Å². The first-order valence-corrected chi connectivity index (χ1v) is 6.03. The third kappa shape index (κ3) is 6.26. The first kappa shape index (κ1) is 15.5. The van der Waals surface area contributed by atoms with E-state index >= 15 is 0 Å². The van der Waals surface area contributed by atoms with Gasteiger partial charge in [0.25, 0.3) is 0 Å². The molecule has 0 fully saturated rings. The van der Waals surface area contributed by atoms with Gasteiger partial charge in [-0.1, -0.05) is 6.07 Å². The lowest BCUT2D eigenvalue weighted by Gasteiger charge is -2.07. The van der Waals surface area contributed by atoms with Crippen molar-refractivity contribution in [1.82, 2.24) is 10.6 Å². The molecule has 0 radical (unpaired) electrons. The summed E-state index contributed by atoms with van der Waals surface area (Å²) in [5.41, 5.74) is 0.589. The van der Waals surface area contributed by atoms with Crippen LogP contribution in [0.1, 0.15) is 12.0 Å². The molecule has 0 spiro atoms. The van der Waals surface area contributed by atoms with E-state index < -0.39 is 11.6 Å². The zero-order valence-corrected chi connectivity index (χ0v) is 10.8. The molecule has 1 rings (SSSR count). The Morgan fingerprint density at radius 2 is 2.11 bits per heavy atom. The van der Waals surface area contributed by atoms with Gasteiger partial charge in [-0.15, -0.1) is 0 Å². The standard InChI is InChI=1S/C13H18F2N2O2/c1-19-6-2-5-17-13(18)9-16-8-10-3-4-11(14)12(15)7-10/h3-4,7,16H,2,5-6,8-9H2,1H3,(H,17,18). The minimum atomic E-state index is -0.886. The van der Waals surface area contributed by atoms with Gasteiger partial charge in [0.2, 0.25) is 5.91 Å². The average Bonchev–Trinajstić information content (AvgIpc) is 2.39. The number of methoxy groups -OCH3 is 1. The van der Waals surface area contributed by atoms with Gasteiger partial charge in [0.15, 0.2) is 11.6 Å². The smallest absolute Gasteiger partial charge is 0.233 e. The summed E-state index contributed by atoms with van der Waals surface area (Å²) >= 11 is 0. The van der Waals surface area contributed by atoms with Crippen LogP contribution in [0.4, 0.5) is 8.78 Å². The topological polar surface area (TPSA) is 50.4 Å². The van der Waals surface area contributed by atoms with E-state index in [1.807, 2.05) is 0 Å². The fourth-order valence-electron chi connectivity index (χ4n) is 1.48. The first-order chi connectivity index (χ1) is 9.13. The molecule has 0 aliphatic heterocycles. The molecule has 0 aromatic heterocycles. The second-order valence-corrected chi connectivity index (χ2v) is 4.05. The number of benzene rings is 1. The number of hydrogen-bond donors (Lipinski definition) is 2. The molecule has 0 unspecified atom stereocenters. The zero-order valence-electron chi connectivity index (χ0n) is 10.8. The van der Waals surface area contributed by atoms with E-state index in [9.17, 15) is 13.6 Å². The number of nitrogens with one attached hydrogen (secondary N) is 2. The van der Waals surface area contributed by atoms with E-state index in [4.69, 9.17) is 4.74 Å². The lowest BCUT2D eigenvalue weighted by molar-refractivity contribution is -0.120. The van der Waals surface area contributed by atoms with Crippen LogP contribution in [0, 0.1) is 11.6 Å². The molecular formula is C13H18F2N2O2. The molecular weight excluding hydrogens is 254 g/mol. The zero-order chi connectivity index (χ0) is 14.1. The van der Waals surface area contributed by atoms with Crippen LogP contribution in [0.5, 0.6) is 0 Å². The third-order valence-electron chi connectivity index (χ3n) is 2.45. The van der Waals surface area contributed by atoms with Gasteiger partial charge < -0.3 is 15.4 Å². The molecule has 19 heavy (non-hydrogen) atoms. The lowest BCUT2D eigenvalue weighted by Crippen LogP contribution is -2.34. The third-order valence-corrected chi connectivity index (χ3v) is 2.45. The maximum absolute atomic E-state index is 12.9. The van der Waals surface area contributed by atoms with Gasteiger partial charge in [0.05, 0.1) is 6.54 Å². The molecule has 0 aliphatic carbocycles. The summed E-state index contributed by atoms with van der Waals surface area (Å²) in [5, 5.41) is 5.57. The Hall–Kier alpha value is -1.53. The number of ether oxygens (including phenoxy) is 1. The molecule has 6 heteroatoms. The van der Waals surface area contributed by atoms with E-state index in [2.05, 4.69) is 10.6 Å². The molecule has 1 amide bonds. The van der Waals surface area contributed by atoms with Crippen LogP contribution in [0.25, 0.3) is 0 Å². The van der Waals surface area contributed by atoms with Gasteiger partial charge in [-0.25, -0.2) is 8.78 Å². The molecule has 0 atom stereocenters. The summed E-state index contributed by atoms with van der Waals surface area (Å²) in [4.78, 5) is 11.4. The lowest BCUT2D eigenvalue weighted by atomic mass is 10.2. The number of carbonyl (C=O) groups is 1. The normalized spacial score (nSPS) is 10.5. The van der Waals surface area contributed by atoms with Crippen LogP contribution in [0.3, 0.4) is 0 Å². The molecule has 0 heterocycles. The van der Waals surface area contributed by atoms with Gasteiger partial charge in [0.1, 0.15) is 0 Å². The Morgan fingerprint density at radius 1 is 1.32 bits per heavy atom. The largest absolute Gasteiger partial charge is 0.385 e. The Morgan fingerprint density at radius 3 is 2.79 bits per heavy atom. The molecule has 0 bridgehead atoms.